The Bertz CT molecular complexity index is 1000. The van der Waals surface area contributed by atoms with Gasteiger partial charge in [-0.2, -0.15) is 4.98 Å². The summed E-state index contributed by atoms with van der Waals surface area (Å²) in [6.45, 7) is 1.85. The molecule has 140 valence electrons. The molecule has 0 spiro atoms. The van der Waals surface area contributed by atoms with Crippen LogP contribution in [0.1, 0.15) is 29.5 Å². The summed E-state index contributed by atoms with van der Waals surface area (Å²) in [5.74, 6) is -0.323. The first-order valence-electron chi connectivity index (χ1n) is 8.11. The smallest absolute Gasteiger partial charge is 0.287 e. The number of amides is 1. The number of halogens is 1. The summed E-state index contributed by atoms with van der Waals surface area (Å²) in [7, 11) is 1.50. The molecule has 3 aromatic heterocycles. The molecule has 1 atom stereocenters. The second kappa shape index (κ2) is 7.77. The molecule has 10 heteroatoms. The third-order valence-corrected chi connectivity index (χ3v) is 3.68. The minimum atomic E-state index is -0.501. The largest absolute Gasteiger partial charge is 0.480 e. The van der Waals surface area contributed by atoms with Crippen LogP contribution in [-0.2, 0) is 0 Å². The first-order chi connectivity index (χ1) is 13.0. The van der Waals surface area contributed by atoms with Crippen molar-refractivity contribution in [2.45, 2.75) is 19.4 Å². The number of hydrogen-bond donors (Lipinski definition) is 3. The number of hydrogen-bond acceptors (Lipinski definition) is 7. The molecule has 3 heterocycles. The van der Waals surface area contributed by atoms with E-state index in [0.717, 1.165) is 6.20 Å². The number of fused-ring (bicyclic) bond motifs is 1. The zero-order chi connectivity index (χ0) is 19.4. The van der Waals surface area contributed by atoms with E-state index >= 15 is 0 Å². The van der Waals surface area contributed by atoms with E-state index in [2.05, 4.69) is 30.2 Å². The summed E-state index contributed by atoms with van der Waals surface area (Å²) in [5, 5.41) is 2.81. The molecule has 9 nitrogen and oxygen atoms in total. The third-order valence-electron chi connectivity index (χ3n) is 3.68. The second-order valence-electron chi connectivity index (χ2n) is 5.82. The van der Waals surface area contributed by atoms with E-state index in [1.807, 2.05) is 13.0 Å². The van der Waals surface area contributed by atoms with Crippen LogP contribution in [0.4, 0.5) is 10.3 Å². The lowest BCUT2D eigenvalue weighted by atomic mass is 10.2. The molecule has 0 fully saturated rings. The normalized spacial score (nSPS) is 12.4. The first-order valence-corrected chi connectivity index (χ1v) is 8.11. The van der Waals surface area contributed by atoms with Gasteiger partial charge in [0.15, 0.2) is 11.5 Å². The van der Waals surface area contributed by atoms with Gasteiger partial charge in [-0.1, -0.05) is 12.2 Å². The van der Waals surface area contributed by atoms with Crippen molar-refractivity contribution in [2.75, 3.05) is 12.8 Å². The molecule has 0 saturated heterocycles. The van der Waals surface area contributed by atoms with Gasteiger partial charge in [-0.3, -0.25) is 4.79 Å². The number of ether oxygens (including phenoxy) is 1. The van der Waals surface area contributed by atoms with Crippen molar-refractivity contribution in [1.82, 2.24) is 30.2 Å². The van der Waals surface area contributed by atoms with Crippen LogP contribution in [0.5, 0.6) is 5.88 Å². The van der Waals surface area contributed by atoms with Crippen molar-refractivity contribution in [3.05, 3.63) is 41.7 Å². The number of aromatic amines is 1. The summed E-state index contributed by atoms with van der Waals surface area (Å²) in [6, 6.07) is 1.06. The van der Waals surface area contributed by atoms with E-state index in [1.165, 1.54) is 13.2 Å². The van der Waals surface area contributed by atoms with E-state index in [-0.39, 0.29) is 23.5 Å². The zero-order valence-corrected chi connectivity index (χ0v) is 14.7. The summed E-state index contributed by atoms with van der Waals surface area (Å²) in [5.41, 5.74) is 6.84. The van der Waals surface area contributed by atoms with Crippen LogP contribution < -0.4 is 15.8 Å². The molecule has 0 radical (unpaired) electrons. The minimum absolute atomic E-state index is 0.0764. The van der Waals surface area contributed by atoms with Crippen LogP contribution in [0, 0.1) is 5.82 Å². The number of nitrogen functional groups attached to an aromatic ring is 1. The van der Waals surface area contributed by atoms with Gasteiger partial charge in [0.2, 0.25) is 11.8 Å². The standard InChI is InChI=1S/C17H18FN7O2/c1-9(4-3-5-10-7-21-17(19)25-16(10)27-2)22-15(26)14-23-12-6-11(18)8-20-13(12)24-14/h3,5-9H,4H2,1-2H3,(H,22,26)(H2,19,21,25)(H,20,23,24)/b5-3+/t9-/m0/s1. The fourth-order valence-corrected chi connectivity index (χ4v) is 2.40. The maximum absolute atomic E-state index is 13.2. The van der Waals surface area contributed by atoms with Crippen LogP contribution in [0.3, 0.4) is 0 Å². The Hall–Kier alpha value is -3.56. The van der Waals surface area contributed by atoms with E-state index in [0.29, 0.717) is 23.4 Å². The van der Waals surface area contributed by atoms with Gasteiger partial charge in [0.1, 0.15) is 5.82 Å². The number of methoxy groups -OCH3 is 1. The number of H-pyrrole nitrogens is 1. The number of imidazole rings is 1. The van der Waals surface area contributed by atoms with E-state index in [1.54, 1.807) is 12.3 Å². The number of pyridine rings is 1. The topological polar surface area (TPSA) is 132 Å². The Morgan fingerprint density at radius 1 is 1.41 bits per heavy atom. The molecule has 0 aromatic carbocycles. The van der Waals surface area contributed by atoms with Gasteiger partial charge in [-0.15, -0.1) is 0 Å². The SMILES string of the molecule is COc1nc(N)ncc1/C=C/C[C@H](C)NC(=O)c1nc2ncc(F)cc2[nH]1. The van der Waals surface area contributed by atoms with Gasteiger partial charge in [0.05, 0.1) is 24.4 Å². The quantitative estimate of drug-likeness (QED) is 0.601. The molecular formula is C17H18FN7O2. The highest BCUT2D eigenvalue weighted by molar-refractivity contribution is 5.93. The number of carbonyl (C=O) groups excluding carboxylic acids is 1. The van der Waals surface area contributed by atoms with Crippen molar-refractivity contribution in [3.63, 3.8) is 0 Å². The molecule has 4 N–H and O–H groups in total. The Labute approximate surface area is 153 Å². The van der Waals surface area contributed by atoms with Crippen molar-refractivity contribution in [2.24, 2.45) is 0 Å². The summed E-state index contributed by atoms with van der Waals surface area (Å²) >= 11 is 0. The molecule has 3 aromatic rings. The molecule has 0 saturated carbocycles. The zero-order valence-electron chi connectivity index (χ0n) is 14.7. The lowest BCUT2D eigenvalue weighted by Gasteiger charge is -2.10. The van der Waals surface area contributed by atoms with Gasteiger partial charge in [0.25, 0.3) is 5.91 Å². The summed E-state index contributed by atoms with van der Waals surface area (Å²) < 4.78 is 18.3. The van der Waals surface area contributed by atoms with Gasteiger partial charge < -0.3 is 20.8 Å². The fourth-order valence-electron chi connectivity index (χ4n) is 2.40. The highest BCUT2D eigenvalue weighted by Crippen LogP contribution is 2.17. The Morgan fingerprint density at radius 2 is 2.22 bits per heavy atom. The number of aromatic nitrogens is 5. The summed E-state index contributed by atoms with van der Waals surface area (Å²) in [4.78, 5) is 30.8. The minimum Gasteiger partial charge on any atom is -0.480 e. The van der Waals surface area contributed by atoms with Gasteiger partial charge >= 0.3 is 0 Å². The monoisotopic (exact) mass is 371 g/mol. The Morgan fingerprint density at radius 3 is 3.00 bits per heavy atom. The van der Waals surface area contributed by atoms with Crippen molar-refractivity contribution in [1.29, 1.82) is 0 Å². The molecule has 3 rings (SSSR count). The van der Waals surface area contributed by atoms with E-state index < -0.39 is 11.7 Å². The van der Waals surface area contributed by atoms with Crippen LogP contribution >= 0.6 is 0 Å². The third kappa shape index (κ3) is 4.35. The van der Waals surface area contributed by atoms with Crippen molar-refractivity contribution >= 4 is 29.1 Å². The molecule has 0 bridgehead atoms. The lowest BCUT2D eigenvalue weighted by molar-refractivity contribution is 0.0931. The fraction of sp³-hybridized carbons (Fsp3) is 0.235. The summed E-state index contributed by atoms with van der Waals surface area (Å²) in [6.07, 6.45) is 6.80. The van der Waals surface area contributed by atoms with Crippen LogP contribution in [0.2, 0.25) is 0 Å². The Balaban J connectivity index is 1.61. The number of nitrogens with one attached hydrogen (secondary N) is 2. The highest BCUT2D eigenvalue weighted by atomic mass is 19.1. The number of rotatable bonds is 6. The number of anilines is 1. The molecular weight excluding hydrogens is 353 g/mol. The molecule has 1 amide bonds. The van der Waals surface area contributed by atoms with E-state index in [9.17, 15) is 9.18 Å². The molecule has 0 aliphatic rings. The van der Waals surface area contributed by atoms with Crippen molar-refractivity contribution in [3.8, 4) is 5.88 Å². The molecule has 0 unspecified atom stereocenters. The lowest BCUT2D eigenvalue weighted by Crippen LogP contribution is -2.32. The van der Waals surface area contributed by atoms with Crippen LogP contribution in [0.25, 0.3) is 17.2 Å². The van der Waals surface area contributed by atoms with Gasteiger partial charge in [0, 0.05) is 18.3 Å². The average Bonchev–Trinajstić information content (AvgIpc) is 3.06. The predicted octanol–water partition coefficient (Wildman–Crippen LogP) is 1.70. The van der Waals surface area contributed by atoms with Crippen molar-refractivity contribution < 1.29 is 13.9 Å². The molecule has 0 aliphatic heterocycles. The van der Waals surface area contributed by atoms with Crippen LogP contribution in [0.15, 0.2) is 24.5 Å². The maximum Gasteiger partial charge on any atom is 0.287 e. The average molecular weight is 371 g/mol. The Kier molecular flexibility index (Phi) is 5.25. The van der Waals surface area contributed by atoms with Gasteiger partial charge in [-0.25, -0.2) is 19.3 Å². The highest BCUT2D eigenvalue weighted by Gasteiger charge is 2.14. The maximum atomic E-state index is 13.2. The van der Waals surface area contributed by atoms with Gasteiger partial charge in [-0.05, 0) is 13.3 Å². The number of carbonyl (C=O) groups is 1. The van der Waals surface area contributed by atoms with Crippen LogP contribution in [-0.4, -0.2) is 44.0 Å². The molecule has 27 heavy (non-hydrogen) atoms. The van der Waals surface area contributed by atoms with E-state index in [4.69, 9.17) is 10.5 Å². The number of nitrogens with zero attached hydrogens (tertiary/aromatic N) is 4. The second-order valence-corrected chi connectivity index (χ2v) is 5.82. The first kappa shape index (κ1) is 18.2. The predicted molar refractivity (Wildman–Crippen MR) is 97.4 cm³/mol. The molecule has 0 aliphatic carbocycles. The number of nitrogens with two attached hydrogens (primary N) is 1.